The van der Waals surface area contributed by atoms with Crippen molar-refractivity contribution in [1.82, 2.24) is 0 Å². The van der Waals surface area contributed by atoms with Crippen molar-refractivity contribution in [1.29, 1.82) is 0 Å². The Balaban J connectivity index is 1.70. The Bertz CT molecular complexity index is 871. The molecule has 3 fully saturated rings. The van der Waals surface area contributed by atoms with Gasteiger partial charge in [0, 0.05) is 35.5 Å². The molecule has 0 spiro atoms. The van der Waals surface area contributed by atoms with Gasteiger partial charge >= 0.3 is 5.97 Å². The minimum atomic E-state index is -1.66. The largest absolute Gasteiger partial charge is 0.461 e. The van der Waals surface area contributed by atoms with E-state index in [0.29, 0.717) is 25.1 Å². The summed E-state index contributed by atoms with van der Waals surface area (Å²) in [6, 6.07) is 0. The molecule has 3 saturated carbocycles. The van der Waals surface area contributed by atoms with Crippen LogP contribution in [0.3, 0.4) is 0 Å². The highest BCUT2D eigenvalue weighted by Gasteiger charge is 2.69. The quantitative estimate of drug-likeness (QED) is 0.392. The van der Waals surface area contributed by atoms with Gasteiger partial charge in [0.2, 0.25) is 0 Å². The summed E-state index contributed by atoms with van der Waals surface area (Å²) in [6.07, 6.45) is 3.38. The first-order valence-corrected chi connectivity index (χ1v) is 12.6. The lowest BCUT2D eigenvalue weighted by molar-refractivity contribution is -0.197. The molecule has 0 amide bonds. The van der Waals surface area contributed by atoms with Crippen molar-refractivity contribution < 1.29 is 34.4 Å². The van der Waals surface area contributed by atoms with Crippen molar-refractivity contribution in [3.8, 4) is 0 Å². The number of aliphatic hydroxyl groups excluding tert-OH is 2. The molecule has 1 unspecified atom stereocenters. The molecule has 0 heterocycles. The standard InChI is InChI=1S/C25H35ClO7/c1-23-12-18(29)22-16(17(23)7-8-25(23,32)19(30)13-27)6-5-14-10-15(28)11-20(24(14,22)2)33-21(31)4-3-9-26/h10,16-18,20,22,27,29,32H,3-9,11-13H2,1-2H3/t16-,17-,18-,20?,22+,23-,24+,25-/m0/s1. The van der Waals surface area contributed by atoms with Gasteiger partial charge in [-0.2, -0.15) is 0 Å². The summed E-state index contributed by atoms with van der Waals surface area (Å²) in [4.78, 5) is 37.5. The molecule has 0 aromatic heterocycles. The number of ketones is 2. The molecule has 8 atom stereocenters. The second-order valence-corrected chi connectivity index (χ2v) is 11.3. The van der Waals surface area contributed by atoms with Gasteiger partial charge in [0.05, 0.1) is 6.10 Å². The fourth-order valence-electron chi connectivity index (χ4n) is 7.89. The van der Waals surface area contributed by atoms with Crippen LogP contribution in [-0.4, -0.2) is 63.2 Å². The maximum Gasteiger partial charge on any atom is 0.306 e. The van der Waals surface area contributed by atoms with Crippen LogP contribution in [0.5, 0.6) is 0 Å². The highest BCUT2D eigenvalue weighted by molar-refractivity contribution is 6.17. The van der Waals surface area contributed by atoms with Gasteiger partial charge in [-0.15, -0.1) is 11.6 Å². The summed E-state index contributed by atoms with van der Waals surface area (Å²) in [5, 5.41) is 32.4. The van der Waals surface area contributed by atoms with Crippen LogP contribution >= 0.6 is 11.6 Å². The highest BCUT2D eigenvalue weighted by Crippen LogP contribution is 2.67. The van der Waals surface area contributed by atoms with Gasteiger partial charge in [0.1, 0.15) is 18.3 Å². The molecule has 0 aromatic carbocycles. The predicted molar refractivity (Wildman–Crippen MR) is 120 cm³/mol. The van der Waals surface area contributed by atoms with Gasteiger partial charge in [-0.3, -0.25) is 14.4 Å². The van der Waals surface area contributed by atoms with E-state index in [1.165, 1.54) is 0 Å². The second kappa shape index (κ2) is 8.74. The van der Waals surface area contributed by atoms with Crippen LogP contribution in [0.1, 0.15) is 65.2 Å². The molecule has 0 saturated heterocycles. The lowest BCUT2D eigenvalue weighted by Gasteiger charge is -2.61. The third-order valence-electron chi connectivity index (χ3n) is 9.52. The first-order chi connectivity index (χ1) is 15.5. The summed E-state index contributed by atoms with van der Waals surface area (Å²) < 4.78 is 5.86. The molecule has 0 aliphatic heterocycles. The number of carbonyl (C=O) groups excluding carboxylic acids is 3. The average Bonchev–Trinajstić information content (AvgIpc) is 3.03. The van der Waals surface area contributed by atoms with E-state index in [-0.39, 0.29) is 49.2 Å². The Labute approximate surface area is 199 Å². The third-order valence-corrected chi connectivity index (χ3v) is 9.79. The van der Waals surface area contributed by atoms with Gasteiger partial charge in [0.25, 0.3) is 0 Å². The topological polar surface area (TPSA) is 121 Å². The van der Waals surface area contributed by atoms with Gasteiger partial charge in [-0.05, 0) is 56.4 Å². The number of alkyl halides is 1. The average molecular weight is 483 g/mol. The van der Waals surface area contributed by atoms with Crippen LogP contribution in [0.25, 0.3) is 0 Å². The van der Waals surface area contributed by atoms with Crippen molar-refractivity contribution in [3.63, 3.8) is 0 Å². The first-order valence-electron chi connectivity index (χ1n) is 12.1. The third kappa shape index (κ3) is 3.62. The number of carbonyl (C=O) groups is 3. The molecule has 4 aliphatic carbocycles. The lowest BCUT2D eigenvalue weighted by Crippen LogP contribution is -2.64. The van der Waals surface area contributed by atoms with E-state index in [1.54, 1.807) is 6.08 Å². The van der Waals surface area contributed by atoms with E-state index in [0.717, 1.165) is 12.0 Å². The molecule has 0 bridgehead atoms. The lowest BCUT2D eigenvalue weighted by atomic mass is 9.44. The molecule has 33 heavy (non-hydrogen) atoms. The van der Waals surface area contributed by atoms with Crippen LogP contribution in [-0.2, 0) is 19.1 Å². The summed E-state index contributed by atoms with van der Waals surface area (Å²) in [6.45, 7) is 3.13. The van der Waals surface area contributed by atoms with Crippen LogP contribution in [0.15, 0.2) is 11.6 Å². The number of fused-ring (bicyclic) bond motifs is 5. The molecule has 184 valence electrons. The minimum absolute atomic E-state index is 0.00124. The van der Waals surface area contributed by atoms with Crippen molar-refractivity contribution in [2.75, 3.05) is 12.5 Å². The Hall–Kier alpha value is -1.28. The molecule has 0 aromatic rings. The van der Waals surface area contributed by atoms with Gasteiger partial charge < -0.3 is 20.1 Å². The number of ether oxygens (including phenoxy) is 1. The van der Waals surface area contributed by atoms with Crippen molar-refractivity contribution in [2.45, 2.75) is 83.0 Å². The zero-order chi connectivity index (χ0) is 24.2. The Morgan fingerprint density at radius 3 is 2.67 bits per heavy atom. The molecule has 4 rings (SSSR count). The number of esters is 1. The minimum Gasteiger partial charge on any atom is -0.461 e. The molecule has 4 aliphatic rings. The van der Waals surface area contributed by atoms with Crippen LogP contribution in [0.2, 0.25) is 0 Å². The number of hydrogen-bond acceptors (Lipinski definition) is 7. The zero-order valence-electron chi connectivity index (χ0n) is 19.4. The van der Waals surface area contributed by atoms with Gasteiger partial charge in [-0.1, -0.05) is 19.4 Å². The second-order valence-electron chi connectivity index (χ2n) is 10.9. The van der Waals surface area contributed by atoms with E-state index >= 15 is 0 Å². The van der Waals surface area contributed by atoms with Crippen LogP contribution in [0, 0.1) is 28.6 Å². The SMILES string of the molecule is C[C@]12C[C@H](O)[C@H]3[C@@H](CCC4=CC(=O)CC(OC(=O)CCCCl)[C@@]43C)[C@@H]1CC[C@]2(O)C(=O)CO. The van der Waals surface area contributed by atoms with Crippen LogP contribution < -0.4 is 0 Å². The zero-order valence-corrected chi connectivity index (χ0v) is 20.1. The van der Waals surface area contributed by atoms with Gasteiger partial charge in [0.15, 0.2) is 11.6 Å². The number of hydrogen-bond donors (Lipinski definition) is 3. The summed E-state index contributed by atoms with van der Waals surface area (Å²) in [5.74, 6) is -0.989. The number of rotatable bonds is 6. The Morgan fingerprint density at radius 1 is 1.27 bits per heavy atom. The smallest absolute Gasteiger partial charge is 0.306 e. The number of Topliss-reactive ketones (excluding diaryl/α,β-unsaturated/α-hetero) is 1. The monoisotopic (exact) mass is 482 g/mol. The molecule has 0 radical (unpaired) electrons. The molecular weight excluding hydrogens is 448 g/mol. The number of aliphatic hydroxyl groups is 3. The van der Waals surface area contributed by atoms with Crippen molar-refractivity contribution >= 4 is 29.1 Å². The predicted octanol–water partition coefficient (Wildman–Crippen LogP) is 2.32. The fourth-order valence-corrected chi connectivity index (χ4v) is 8.02. The van der Waals surface area contributed by atoms with Gasteiger partial charge in [-0.25, -0.2) is 0 Å². The van der Waals surface area contributed by atoms with E-state index in [4.69, 9.17) is 16.3 Å². The van der Waals surface area contributed by atoms with E-state index in [9.17, 15) is 29.7 Å². The normalized spacial score (nSPS) is 44.4. The first kappa shape index (κ1) is 24.8. The van der Waals surface area contributed by atoms with Crippen molar-refractivity contribution in [3.05, 3.63) is 11.6 Å². The Morgan fingerprint density at radius 2 is 2.00 bits per heavy atom. The molecule has 8 heteroatoms. The summed E-state index contributed by atoms with van der Waals surface area (Å²) >= 11 is 5.72. The summed E-state index contributed by atoms with van der Waals surface area (Å²) in [5.41, 5.74) is -2.29. The Kier molecular flexibility index (Phi) is 6.58. The van der Waals surface area contributed by atoms with Crippen molar-refractivity contribution in [2.24, 2.45) is 28.6 Å². The molecular formula is C25H35ClO7. The fraction of sp³-hybridized carbons (Fsp3) is 0.800. The maximum atomic E-state index is 12.6. The van der Waals surface area contributed by atoms with Crippen LogP contribution in [0.4, 0.5) is 0 Å². The van der Waals surface area contributed by atoms with E-state index in [1.807, 2.05) is 13.8 Å². The van der Waals surface area contributed by atoms with E-state index in [2.05, 4.69) is 0 Å². The van der Waals surface area contributed by atoms with E-state index < -0.39 is 47.0 Å². The summed E-state index contributed by atoms with van der Waals surface area (Å²) in [7, 11) is 0. The maximum absolute atomic E-state index is 12.6. The molecule has 7 nitrogen and oxygen atoms in total. The molecule has 3 N–H and O–H groups in total. The number of halogens is 1. The highest BCUT2D eigenvalue weighted by atomic mass is 35.5.